The van der Waals surface area contributed by atoms with Gasteiger partial charge in [-0.05, 0) is 87.0 Å². The van der Waals surface area contributed by atoms with Gasteiger partial charge in [0, 0.05) is 16.5 Å². The van der Waals surface area contributed by atoms with Crippen LogP contribution in [-0.4, -0.2) is 4.57 Å². The minimum absolute atomic E-state index is 0.608. The lowest BCUT2D eigenvalue weighted by molar-refractivity contribution is 0.731. The quantitative estimate of drug-likeness (QED) is 0.154. The molecule has 0 amide bonds. The maximum atomic E-state index is 8.45. The summed E-state index contributed by atoms with van der Waals surface area (Å²) in [6, 6.07) is 80.4. The lowest BCUT2D eigenvalue weighted by Gasteiger charge is -2.46. The van der Waals surface area contributed by atoms with E-state index in [0.29, 0.717) is 5.69 Å². The zero-order chi connectivity index (χ0) is 39.3. The molecule has 0 radical (unpaired) electrons. The predicted octanol–water partition coefficient (Wildman–Crippen LogP) is 14.8. The first kappa shape index (κ1) is 34.3. The highest BCUT2D eigenvalue weighted by Gasteiger charge is 2.46. The van der Waals surface area contributed by atoms with Crippen molar-refractivity contribution in [1.29, 1.82) is 0 Å². The molecule has 0 saturated carbocycles. The maximum absolute atomic E-state index is 8.45. The minimum atomic E-state index is -0.636. The van der Waals surface area contributed by atoms with Crippen molar-refractivity contribution in [3.63, 3.8) is 0 Å². The van der Waals surface area contributed by atoms with Gasteiger partial charge >= 0.3 is 0 Å². The van der Waals surface area contributed by atoms with E-state index in [1.54, 1.807) is 0 Å². The molecule has 2 heterocycles. The van der Waals surface area contributed by atoms with Crippen molar-refractivity contribution < 1.29 is 0 Å². The van der Waals surface area contributed by atoms with Gasteiger partial charge in [-0.2, -0.15) is 0 Å². The summed E-state index contributed by atoms with van der Waals surface area (Å²) in [6.07, 6.45) is 0. The molecule has 1 aliphatic heterocycles. The lowest BCUT2D eigenvalue weighted by atomic mass is 9.62. The largest absolute Gasteiger partial charge is 0.318 e. The highest BCUT2D eigenvalue weighted by molar-refractivity contribution is 6.10. The van der Waals surface area contributed by atoms with Gasteiger partial charge in [0.25, 0.3) is 0 Å². The summed E-state index contributed by atoms with van der Waals surface area (Å²) in [5.74, 6) is 0. The molecular weight excluding hydrogens is 715 g/mol. The fourth-order valence-electron chi connectivity index (χ4n) is 9.69. The first-order valence-corrected chi connectivity index (χ1v) is 20.1. The van der Waals surface area contributed by atoms with Crippen LogP contribution in [0.25, 0.3) is 54.6 Å². The van der Waals surface area contributed by atoms with E-state index in [0.717, 1.165) is 56.0 Å². The molecule has 1 aromatic heterocycles. The molecule has 1 aliphatic rings. The smallest absolute Gasteiger partial charge is 0.211 e. The third-order valence-corrected chi connectivity index (χ3v) is 12.1. The fraction of sp³-hybridized carbons (Fsp3) is 0.0179. The second-order valence-corrected chi connectivity index (χ2v) is 15.1. The van der Waals surface area contributed by atoms with Crippen LogP contribution in [0.4, 0.5) is 22.7 Å². The van der Waals surface area contributed by atoms with E-state index in [4.69, 9.17) is 6.57 Å². The van der Waals surface area contributed by atoms with Gasteiger partial charge in [0.1, 0.15) is 0 Å². The Bertz CT molecular complexity index is 3140. The molecule has 0 atom stereocenters. The van der Waals surface area contributed by atoms with Crippen LogP contribution in [0.15, 0.2) is 224 Å². The van der Waals surface area contributed by atoms with Crippen LogP contribution < -0.4 is 4.90 Å². The van der Waals surface area contributed by atoms with E-state index < -0.39 is 5.41 Å². The average molecular weight is 752 g/mol. The van der Waals surface area contributed by atoms with Crippen molar-refractivity contribution in [2.45, 2.75) is 5.41 Å². The molecule has 3 nitrogen and oxygen atoms in total. The van der Waals surface area contributed by atoms with Crippen molar-refractivity contribution in [2.75, 3.05) is 4.90 Å². The van der Waals surface area contributed by atoms with Crippen LogP contribution in [-0.2, 0) is 5.41 Å². The number of rotatable bonds is 6. The van der Waals surface area contributed by atoms with E-state index in [1.807, 2.05) is 12.1 Å². The van der Waals surface area contributed by atoms with Gasteiger partial charge in [-0.3, -0.25) is 0 Å². The molecule has 0 bridgehead atoms. The third kappa shape index (κ3) is 5.21. The van der Waals surface area contributed by atoms with Gasteiger partial charge in [-0.15, -0.1) is 0 Å². The Kier molecular flexibility index (Phi) is 8.10. The highest BCUT2D eigenvalue weighted by atomic mass is 15.2. The zero-order valence-electron chi connectivity index (χ0n) is 32.2. The molecule has 0 spiro atoms. The molecule has 0 unspecified atom stereocenters. The van der Waals surface area contributed by atoms with E-state index in [-0.39, 0.29) is 0 Å². The summed E-state index contributed by atoms with van der Waals surface area (Å²) in [4.78, 5) is 6.58. The predicted molar refractivity (Wildman–Crippen MR) is 244 cm³/mol. The molecule has 276 valence electrons. The average Bonchev–Trinajstić information content (AvgIpc) is 3.65. The second-order valence-electron chi connectivity index (χ2n) is 15.1. The Balaban J connectivity index is 1.22. The summed E-state index contributed by atoms with van der Waals surface area (Å²) in [7, 11) is 0. The number of hydrogen-bond donors (Lipinski definition) is 0. The van der Waals surface area contributed by atoms with E-state index >= 15 is 0 Å². The van der Waals surface area contributed by atoms with Gasteiger partial charge in [0.15, 0.2) is 0 Å². The number of para-hydroxylation sites is 5. The number of anilines is 3. The van der Waals surface area contributed by atoms with E-state index in [2.05, 4.69) is 227 Å². The molecule has 10 aromatic rings. The topological polar surface area (TPSA) is 12.5 Å². The normalized spacial score (nSPS) is 12.8. The van der Waals surface area contributed by atoms with Crippen LogP contribution in [0.1, 0.15) is 22.3 Å². The summed E-state index contributed by atoms with van der Waals surface area (Å²) >= 11 is 0. The molecule has 11 rings (SSSR count). The van der Waals surface area contributed by atoms with Crippen LogP contribution in [0.3, 0.4) is 0 Å². The Labute approximate surface area is 344 Å². The molecule has 0 aliphatic carbocycles. The van der Waals surface area contributed by atoms with Crippen LogP contribution in [0.2, 0.25) is 0 Å². The Hall–Kier alpha value is -7.93. The van der Waals surface area contributed by atoms with Crippen LogP contribution in [0, 0.1) is 6.57 Å². The molecular formula is C56H37N3. The molecule has 59 heavy (non-hydrogen) atoms. The summed E-state index contributed by atoms with van der Waals surface area (Å²) in [5, 5.41) is 2.33. The Morgan fingerprint density at radius 2 is 0.932 bits per heavy atom. The number of fused-ring (bicyclic) bond motifs is 5. The van der Waals surface area contributed by atoms with Crippen LogP contribution in [0.5, 0.6) is 0 Å². The molecule has 0 saturated heterocycles. The number of aromatic nitrogens is 1. The Morgan fingerprint density at radius 3 is 1.59 bits per heavy atom. The van der Waals surface area contributed by atoms with Crippen molar-refractivity contribution >= 4 is 44.6 Å². The molecule has 3 heteroatoms. The van der Waals surface area contributed by atoms with Gasteiger partial charge in [-0.25, -0.2) is 4.85 Å². The third-order valence-electron chi connectivity index (χ3n) is 12.1. The first-order chi connectivity index (χ1) is 29.3. The summed E-state index contributed by atoms with van der Waals surface area (Å²) < 4.78 is 2.29. The minimum Gasteiger partial charge on any atom is -0.318 e. The van der Waals surface area contributed by atoms with Gasteiger partial charge < -0.3 is 9.47 Å². The number of nitrogens with zero attached hydrogens (tertiary/aromatic N) is 3. The van der Waals surface area contributed by atoms with Crippen molar-refractivity contribution in [2.24, 2.45) is 0 Å². The zero-order valence-corrected chi connectivity index (χ0v) is 32.2. The standard InChI is InChI=1S/C56H37N3/c1-57-50-32-19-30-47(55(50)59-51-33-16-13-28-45(51)46-29-14-17-34-52(46)59)44-27-12-11-26-43(44)39-36-37-54-49(38-39)56(40-20-5-2-6-21-40,41-22-7-3-8-23-41)48-31-15-18-35-53(48)58(54)42-24-9-4-10-25-42/h2-38H. The summed E-state index contributed by atoms with van der Waals surface area (Å²) in [5.41, 5.74) is 15.5. The Morgan fingerprint density at radius 1 is 0.407 bits per heavy atom. The van der Waals surface area contributed by atoms with Crippen molar-refractivity contribution in [3.8, 4) is 27.9 Å². The lowest BCUT2D eigenvalue weighted by Crippen LogP contribution is -2.37. The summed E-state index contributed by atoms with van der Waals surface area (Å²) in [6.45, 7) is 8.45. The van der Waals surface area contributed by atoms with Gasteiger partial charge in [0.2, 0.25) is 5.69 Å². The first-order valence-electron chi connectivity index (χ1n) is 20.1. The monoisotopic (exact) mass is 751 g/mol. The molecule has 0 fully saturated rings. The molecule has 0 N–H and O–H groups in total. The van der Waals surface area contributed by atoms with Crippen molar-refractivity contribution in [3.05, 3.63) is 258 Å². The number of benzene rings is 9. The highest BCUT2D eigenvalue weighted by Crippen LogP contribution is 2.58. The van der Waals surface area contributed by atoms with Gasteiger partial charge in [0.05, 0.1) is 40.1 Å². The maximum Gasteiger partial charge on any atom is 0.211 e. The van der Waals surface area contributed by atoms with Gasteiger partial charge in [-0.1, -0.05) is 182 Å². The molecule has 9 aromatic carbocycles. The fourth-order valence-corrected chi connectivity index (χ4v) is 9.69. The van der Waals surface area contributed by atoms with E-state index in [1.165, 1.54) is 33.0 Å². The van der Waals surface area contributed by atoms with Crippen LogP contribution >= 0.6 is 0 Å². The van der Waals surface area contributed by atoms with Crippen molar-refractivity contribution in [1.82, 2.24) is 4.57 Å². The van der Waals surface area contributed by atoms with E-state index in [9.17, 15) is 0 Å². The SMILES string of the molecule is [C-]#[N+]c1cccc(-c2ccccc2-c2ccc3c(c2)C(c2ccccc2)(c2ccccc2)c2ccccc2N3c2ccccc2)c1-n1c2ccccc2c2ccccc21. The number of hydrogen-bond acceptors (Lipinski definition) is 1. The second kappa shape index (κ2) is 13.9.